The average molecular weight is 1490 g/mol. The summed E-state index contributed by atoms with van der Waals surface area (Å²) in [5.41, 5.74) is -26.9. The second-order valence-electron chi connectivity index (χ2n) is 19.9. The van der Waals surface area contributed by atoms with Crippen molar-refractivity contribution in [3.8, 4) is 0 Å². The van der Waals surface area contributed by atoms with Crippen molar-refractivity contribution in [2.75, 3.05) is 33.5 Å². The molecule has 0 radical (unpaired) electrons. The second-order valence-corrected chi connectivity index (χ2v) is 22.5. The minimum Gasteiger partial charge on any atom is -0.321 e. The van der Waals surface area contributed by atoms with Gasteiger partial charge >= 0.3 is 48.4 Å². The van der Waals surface area contributed by atoms with Crippen LogP contribution in [-0.4, -0.2) is 61.4 Å². The van der Waals surface area contributed by atoms with Crippen molar-refractivity contribution in [1.29, 1.82) is 0 Å². The molecule has 89 heavy (non-hydrogen) atoms. The second kappa shape index (κ2) is 25.4. The van der Waals surface area contributed by atoms with Crippen LogP contribution in [0.25, 0.3) is 0 Å². The van der Waals surface area contributed by atoms with Gasteiger partial charge in [-0.3, -0.25) is 19.2 Å². The lowest BCUT2D eigenvalue weighted by molar-refractivity contribution is -0.349. The zero-order valence-corrected chi connectivity index (χ0v) is 48.6. The molecule has 0 atom stereocenters. The molecule has 0 saturated heterocycles. The summed E-state index contributed by atoms with van der Waals surface area (Å²) in [5, 5.41) is 3.27. The number of rotatable bonds is 14. The number of nitrogens with zero attached hydrogens (tertiary/aromatic N) is 2. The summed E-state index contributed by atoms with van der Waals surface area (Å²) in [4.78, 5) is 54.7. The predicted octanol–water partition coefficient (Wildman–Crippen LogP) is 19.2. The number of carbonyl (C=O) groups excluding carboxylic acids is 4. The van der Waals surface area contributed by atoms with Crippen molar-refractivity contribution in [2.45, 2.75) is 74.1 Å². The molecule has 2 fully saturated rings. The molecule has 0 heterocycles. The van der Waals surface area contributed by atoms with Gasteiger partial charge in [0.15, 0.2) is 11.6 Å². The van der Waals surface area contributed by atoms with Crippen LogP contribution in [-0.2, 0) is 23.7 Å². The number of halogens is 25. The van der Waals surface area contributed by atoms with Gasteiger partial charge in [-0.2, -0.15) is 79.0 Å². The first kappa shape index (κ1) is 69.6. The molecule has 0 spiro atoms. The summed E-state index contributed by atoms with van der Waals surface area (Å²) >= 11 is 8.84. The first-order valence-corrected chi connectivity index (χ1v) is 27.4. The van der Waals surface area contributed by atoms with E-state index in [0.717, 1.165) is 71.9 Å². The van der Waals surface area contributed by atoms with Gasteiger partial charge < -0.3 is 20.4 Å². The number of hydrogen-bond donors (Lipinski definition) is 2. The largest absolute Gasteiger partial charge is 0.435 e. The van der Waals surface area contributed by atoms with Crippen molar-refractivity contribution < 1.29 is 116 Å². The molecular formula is C56H35Br3F22N4O4. The van der Waals surface area contributed by atoms with Crippen LogP contribution in [0.4, 0.5) is 119 Å². The van der Waals surface area contributed by atoms with Crippen molar-refractivity contribution in [3.63, 3.8) is 0 Å². The van der Waals surface area contributed by atoms with E-state index in [1.54, 1.807) is 34.9 Å². The molecule has 6 aromatic rings. The highest BCUT2D eigenvalue weighted by atomic mass is 79.9. The molecule has 0 aliphatic heterocycles. The van der Waals surface area contributed by atoms with Gasteiger partial charge in [0, 0.05) is 48.8 Å². The van der Waals surface area contributed by atoms with E-state index < -0.39 is 156 Å². The normalized spacial score (nSPS) is 14.3. The highest BCUT2D eigenvalue weighted by Crippen LogP contribution is 2.57. The standard InChI is InChI=1S/C28H17Br2F11N2O2.C28H18BrF11N2O2/c29-16-8-6-14(7-9-16)24(45)43(12-13-4-5-13)20-3-1-2-17(21(20)31)23(44)42-22-18(26(33,34)35)10-15(11-19(22)30)25(32,27(36,37)38)28(39,40)41;29-17-9-6-15(7-10-17)24(44)42(13-14-4-5-14)21-3-1-2-18(22(21)30)23(43)41-20-11-8-16(12-19(20)26(32,33)34)25(31,27(35,36)37)28(38,39)40/h1-3,6-11,13H,4-5,12H2,(H,42,44);1-3,6-12,14H,4-5,13H2,(H,41,43). The van der Waals surface area contributed by atoms with Crippen molar-refractivity contribution >= 4 is 94.2 Å². The van der Waals surface area contributed by atoms with Gasteiger partial charge in [-0.1, -0.05) is 50.1 Å². The van der Waals surface area contributed by atoms with Gasteiger partial charge in [0.25, 0.3) is 23.6 Å². The van der Waals surface area contributed by atoms with Crippen molar-refractivity contribution in [3.05, 3.63) is 185 Å². The molecule has 0 unspecified atom stereocenters. The topological polar surface area (TPSA) is 98.8 Å². The molecule has 0 aromatic heterocycles. The van der Waals surface area contributed by atoms with E-state index in [9.17, 15) is 107 Å². The van der Waals surface area contributed by atoms with E-state index >= 15 is 8.78 Å². The average Bonchev–Trinajstić information content (AvgIpc) is 1.61. The zero-order valence-electron chi connectivity index (χ0n) is 43.8. The highest BCUT2D eigenvalue weighted by molar-refractivity contribution is 9.11. The minimum atomic E-state index is -6.72. The third-order valence-electron chi connectivity index (χ3n) is 13.5. The number of nitrogens with one attached hydrogen (secondary N) is 2. The van der Waals surface area contributed by atoms with Gasteiger partial charge in [-0.05, 0) is 151 Å². The lowest BCUT2D eigenvalue weighted by atomic mass is 9.92. The lowest BCUT2D eigenvalue weighted by Crippen LogP contribution is -2.50. The molecule has 2 saturated carbocycles. The van der Waals surface area contributed by atoms with Gasteiger partial charge in [0.2, 0.25) is 0 Å². The first-order valence-electron chi connectivity index (χ1n) is 25.0. The summed E-state index contributed by atoms with van der Waals surface area (Å²) in [7, 11) is 0. The maximum atomic E-state index is 15.8. The first-order chi connectivity index (χ1) is 40.9. The summed E-state index contributed by atoms with van der Waals surface area (Å²) in [6.07, 6.45) is -35.3. The Labute approximate surface area is 512 Å². The molecule has 8 nitrogen and oxygen atoms in total. The zero-order chi connectivity index (χ0) is 66.5. The van der Waals surface area contributed by atoms with Crippen LogP contribution in [0.3, 0.4) is 0 Å². The Morgan fingerprint density at radius 3 is 1.16 bits per heavy atom. The summed E-state index contributed by atoms with van der Waals surface area (Å²) < 4.78 is 302. The fourth-order valence-electron chi connectivity index (χ4n) is 8.61. The molecule has 2 aliphatic carbocycles. The van der Waals surface area contributed by atoms with Gasteiger partial charge in [-0.25, -0.2) is 17.6 Å². The number of carbonyl (C=O) groups is 4. The van der Waals surface area contributed by atoms with Crippen LogP contribution >= 0.6 is 47.8 Å². The molecular weight excluding hydrogens is 1450 g/mol. The van der Waals surface area contributed by atoms with Crippen LogP contribution < -0.4 is 20.4 Å². The van der Waals surface area contributed by atoms with Crippen LogP contribution in [0.15, 0.2) is 129 Å². The number of anilines is 4. The summed E-state index contributed by atoms with van der Waals surface area (Å²) in [6.45, 7) is 0.0749. The Hall–Kier alpha value is -6.90. The maximum absolute atomic E-state index is 15.8. The highest BCUT2D eigenvalue weighted by Gasteiger charge is 2.75. The Morgan fingerprint density at radius 2 is 0.798 bits per heavy atom. The van der Waals surface area contributed by atoms with E-state index in [-0.39, 0.29) is 54.3 Å². The molecule has 2 aliphatic rings. The van der Waals surface area contributed by atoms with Crippen LogP contribution in [0.5, 0.6) is 0 Å². The van der Waals surface area contributed by atoms with Crippen LogP contribution in [0, 0.1) is 23.5 Å². The quantitative estimate of drug-likeness (QED) is 0.106. The van der Waals surface area contributed by atoms with E-state index in [1.807, 2.05) is 0 Å². The van der Waals surface area contributed by atoms with Crippen LogP contribution in [0.1, 0.15) is 89.4 Å². The van der Waals surface area contributed by atoms with Gasteiger partial charge in [-0.15, -0.1) is 0 Å². The smallest absolute Gasteiger partial charge is 0.321 e. The van der Waals surface area contributed by atoms with E-state index in [0.29, 0.717) is 8.95 Å². The molecule has 2 N–H and O–H groups in total. The van der Waals surface area contributed by atoms with Gasteiger partial charge in [0.05, 0.1) is 45.0 Å². The summed E-state index contributed by atoms with van der Waals surface area (Å²) in [6, 6.07) is 16.4. The predicted molar refractivity (Wildman–Crippen MR) is 286 cm³/mol. The Bertz CT molecular complexity index is 3630. The monoisotopic (exact) mass is 1480 g/mol. The number of benzene rings is 6. The summed E-state index contributed by atoms with van der Waals surface area (Å²) in [5.74, 6) is -7.17. The van der Waals surface area contributed by atoms with Gasteiger partial charge in [0.1, 0.15) is 0 Å². The van der Waals surface area contributed by atoms with E-state index in [4.69, 9.17) is 0 Å². The van der Waals surface area contributed by atoms with Crippen molar-refractivity contribution in [2.24, 2.45) is 11.8 Å². The Kier molecular flexibility index (Phi) is 19.9. The lowest BCUT2D eigenvalue weighted by Gasteiger charge is -2.31. The number of hydrogen-bond acceptors (Lipinski definition) is 4. The minimum absolute atomic E-state index is 0.0000799. The van der Waals surface area contributed by atoms with E-state index in [1.165, 1.54) is 24.3 Å². The molecule has 6 aromatic carbocycles. The third kappa shape index (κ3) is 15.0. The fraction of sp³-hybridized carbons (Fsp3) is 0.286. The van der Waals surface area contributed by atoms with Crippen LogP contribution in [0.2, 0.25) is 0 Å². The van der Waals surface area contributed by atoms with Crippen molar-refractivity contribution in [1.82, 2.24) is 0 Å². The third-order valence-corrected chi connectivity index (χ3v) is 15.2. The molecule has 0 bridgehead atoms. The Morgan fingerprint density at radius 1 is 0.438 bits per heavy atom. The molecule has 8 rings (SSSR count). The Balaban J connectivity index is 0.000000254. The van der Waals surface area contributed by atoms with E-state index in [2.05, 4.69) is 47.8 Å². The maximum Gasteiger partial charge on any atom is 0.435 e. The molecule has 33 heteroatoms. The SMILES string of the molecule is O=C(Nc1c(Br)cc(C(F)(C(F)(F)F)C(F)(F)F)cc1C(F)(F)F)c1cccc(N(CC2CC2)C(=O)c2ccc(Br)cc2)c1F.O=C(Nc1ccc(C(F)(C(F)(F)F)C(F)(F)F)cc1C(F)(F)F)c1cccc(N(CC2CC2)C(=O)c2ccc(Br)cc2)c1F. The molecule has 4 amide bonds. The molecule has 478 valence electrons. The number of amides is 4. The number of alkyl halides is 20. The fourth-order valence-corrected chi connectivity index (χ4v) is 9.70.